The van der Waals surface area contributed by atoms with Crippen LogP contribution in [0.15, 0.2) is 84.9 Å². The van der Waals surface area contributed by atoms with Crippen molar-refractivity contribution in [2.75, 3.05) is 32.9 Å². The topological polar surface area (TPSA) is 90.9 Å². The van der Waals surface area contributed by atoms with Gasteiger partial charge < -0.3 is 20.5 Å². The van der Waals surface area contributed by atoms with Crippen LogP contribution in [0.1, 0.15) is 27.0 Å². The Labute approximate surface area is 218 Å². The summed E-state index contributed by atoms with van der Waals surface area (Å²) in [5.74, 6) is -0.631. The van der Waals surface area contributed by atoms with E-state index < -0.39 is 12.1 Å². The Balaban J connectivity index is 1.41. The molecule has 37 heavy (non-hydrogen) atoms. The Bertz CT molecular complexity index is 1120. The van der Waals surface area contributed by atoms with Crippen LogP contribution >= 0.6 is 0 Å². The highest BCUT2D eigenvalue weighted by atomic mass is 16.5. The number of carbonyl (C=O) groups is 2. The number of aliphatic hydroxyl groups is 1. The Kier molecular flexibility index (Phi) is 9.82. The molecular weight excluding hydrogens is 466 g/mol. The van der Waals surface area contributed by atoms with Crippen molar-refractivity contribution in [3.63, 3.8) is 0 Å². The van der Waals surface area contributed by atoms with Gasteiger partial charge in [-0.05, 0) is 35.2 Å². The fourth-order valence-electron chi connectivity index (χ4n) is 4.44. The molecule has 0 radical (unpaired) electrons. The van der Waals surface area contributed by atoms with Gasteiger partial charge in [0.15, 0.2) is 0 Å². The summed E-state index contributed by atoms with van der Waals surface area (Å²) in [7, 11) is 0. The minimum Gasteiger partial charge on any atom is -0.394 e. The van der Waals surface area contributed by atoms with E-state index in [4.69, 9.17) is 4.74 Å². The molecule has 2 amide bonds. The summed E-state index contributed by atoms with van der Waals surface area (Å²) >= 11 is 0. The van der Waals surface area contributed by atoms with Gasteiger partial charge in [0.05, 0.1) is 25.9 Å². The molecule has 0 aromatic heterocycles. The highest BCUT2D eigenvalue weighted by molar-refractivity contribution is 5.97. The predicted octanol–water partition coefficient (Wildman–Crippen LogP) is 2.58. The van der Waals surface area contributed by atoms with Crippen molar-refractivity contribution in [3.05, 3.63) is 107 Å². The number of hydrogen-bond donors (Lipinski definition) is 3. The molecule has 194 valence electrons. The normalized spacial score (nSPS) is 15.5. The maximum Gasteiger partial charge on any atom is 0.251 e. The van der Waals surface area contributed by atoms with Crippen LogP contribution in [0.3, 0.4) is 0 Å². The first-order chi connectivity index (χ1) is 18.1. The van der Waals surface area contributed by atoms with E-state index in [-0.39, 0.29) is 18.4 Å². The van der Waals surface area contributed by atoms with Crippen LogP contribution in [0.4, 0.5) is 0 Å². The minimum absolute atomic E-state index is 0.197. The second kappa shape index (κ2) is 13.7. The molecule has 7 heteroatoms. The van der Waals surface area contributed by atoms with Gasteiger partial charge in [0, 0.05) is 31.6 Å². The van der Waals surface area contributed by atoms with E-state index in [1.807, 2.05) is 72.8 Å². The van der Waals surface area contributed by atoms with E-state index >= 15 is 0 Å². The number of benzene rings is 3. The summed E-state index contributed by atoms with van der Waals surface area (Å²) in [5.41, 5.74) is 3.58. The molecule has 3 N–H and O–H groups in total. The zero-order valence-corrected chi connectivity index (χ0v) is 21.0. The fourth-order valence-corrected chi connectivity index (χ4v) is 4.44. The average Bonchev–Trinajstić information content (AvgIpc) is 2.94. The van der Waals surface area contributed by atoms with Crippen LogP contribution in [0.25, 0.3) is 0 Å². The SMILES string of the molecule is O=C(N[C@@H](Cc1ccccc1)C(=O)N[C@H](CO)Cc1ccccc1)c1ccc(CN2CCOCC2)cc1. The van der Waals surface area contributed by atoms with Gasteiger partial charge in [0.1, 0.15) is 6.04 Å². The molecule has 1 aliphatic rings. The summed E-state index contributed by atoms with van der Waals surface area (Å²) in [5, 5.41) is 15.7. The number of nitrogens with zero attached hydrogens (tertiary/aromatic N) is 1. The molecule has 0 saturated carbocycles. The van der Waals surface area contributed by atoms with Crippen molar-refractivity contribution in [2.24, 2.45) is 0 Å². The first-order valence-corrected chi connectivity index (χ1v) is 12.8. The molecule has 7 nitrogen and oxygen atoms in total. The third-order valence-electron chi connectivity index (χ3n) is 6.52. The van der Waals surface area contributed by atoms with Crippen molar-refractivity contribution >= 4 is 11.8 Å². The Hall–Kier alpha value is -3.52. The van der Waals surface area contributed by atoms with Crippen molar-refractivity contribution in [3.8, 4) is 0 Å². The predicted molar refractivity (Wildman–Crippen MR) is 143 cm³/mol. The molecule has 1 aliphatic heterocycles. The number of aliphatic hydroxyl groups excluding tert-OH is 1. The van der Waals surface area contributed by atoms with E-state index in [0.717, 1.165) is 49.5 Å². The highest BCUT2D eigenvalue weighted by Gasteiger charge is 2.24. The van der Waals surface area contributed by atoms with E-state index in [9.17, 15) is 14.7 Å². The van der Waals surface area contributed by atoms with Gasteiger partial charge in [-0.2, -0.15) is 0 Å². The second-order valence-corrected chi connectivity index (χ2v) is 9.38. The van der Waals surface area contributed by atoms with E-state index in [1.165, 1.54) is 0 Å². The van der Waals surface area contributed by atoms with Crippen LogP contribution in [0, 0.1) is 0 Å². The molecular formula is C30H35N3O4. The molecule has 1 heterocycles. The Morgan fingerprint density at radius 2 is 1.38 bits per heavy atom. The molecule has 0 unspecified atom stereocenters. The number of ether oxygens (including phenoxy) is 1. The van der Waals surface area contributed by atoms with Gasteiger partial charge in [-0.25, -0.2) is 0 Å². The number of rotatable bonds is 11. The van der Waals surface area contributed by atoms with Gasteiger partial charge in [-0.1, -0.05) is 72.8 Å². The smallest absolute Gasteiger partial charge is 0.251 e. The molecule has 3 aromatic carbocycles. The molecule has 0 bridgehead atoms. The summed E-state index contributed by atoms with van der Waals surface area (Å²) in [6.45, 7) is 3.91. The zero-order valence-electron chi connectivity index (χ0n) is 21.0. The lowest BCUT2D eigenvalue weighted by Crippen LogP contribution is -2.52. The Morgan fingerprint density at radius 1 is 0.784 bits per heavy atom. The molecule has 3 aromatic rings. The largest absolute Gasteiger partial charge is 0.394 e. The zero-order chi connectivity index (χ0) is 25.9. The van der Waals surface area contributed by atoms with Crippen LogP contribution < -0.4 is 10.6 Å². The number of nitrogens with one attached hydrogen (secondary N) is 2. The second-order valence-electron chi connectivity index (χ2n) is 9.38. The number of morpholine rings is 1. The van der Waals surface area contributed by atoms with Crippen LogP contribution in [0.2, 0.25) is 0 Å². The van der Waals surface area contributed by atoms with Gasteiger partial charge in [0.25, 0.3) is 5.91 Å². The van der Waals surface area contributed by atoms with Gasteiger partial charge in [-0.3, -0.25) is 14.5 Å². The third-order valence-corrected chi connectivity index (χ3v) is 6.52. The maximum absolute atomic E-state index is 13.3. The first-order valence-electron chi connectivity index (χ1n) is 12.8. The third kappa shape index (κ3) is 8.25. The van der Waals surface area contributed by atoms with Crippen molar-refractivity contribution in [1.29, 1.82) is 0 Å². The standard InChI is InChI=1S/C30H35N3O4/c34-22-27(19-23-7-3-1-4-8-23)31-30(36)28(20-24-9-5-2-6-10-24)32-29(35)26-13-11-25(12-14-26)21-33-15-17-37-18-16-33/h1-14,27-28,34H,15-22H2,(H,31,36)(H,32,35)/t27-,28-/m0/s1. The number of amides is 2. The lowest BCUT2D eigenvalue weighted by atomic mass is 10.0. The molecule has 0 spiro atoms. The minimum atomic E-state index is -0.784. The Morgan fingerprint density at radius 3 is 1.97 bits per heavy atom. The summed E-state index contributed by atoms with van der Waals surface area (Å²) in [6, 6.07) is 25.6. The monoisotopic (exact) mass is 501 g/mol. The summed E-state index contributed by atoms with van der Waals surface area (Å²) < 4.78 is 5.41. The molecule has 4 rings (SSSR count). The number of hydrogen-bond acceptors (Lipinski definition) is 5. The van der Waals surface area contributed by atoms with E-state index in [1.54, 1.807) is 12.1 Å². The van der Waals surface area contributed by atoms with Gasteiger partial charge in [0.2, 0.25) is 5.91 Å². The average molecular weight is 502 g/mol. The quantitative estimate of drug-likeness (QED) is 0.376. The maximum atomic E-state index is 13.3. The number of carbonyl (C=O) groups excluding carboxylic acids is 2. The van der Waals surface area contributed by atoms with Crippen LogP contribution in [-0.4, -0.2) is 66.8 Å². The van der Waals surface area contributed by atoms with Crippen molar-refractivity contribution < 1.29 is 19.4 Å². The lowest BCUT2D eigenvalue weighted by molar-refractivity contribution is -0.124. The first kappa shape index (κ1) is 26.5. The van der Waals surface area contributed by atoms with E-state index in [0.29, 0.717) is 18.4 Å². The summed E-state index contributed by atoms with van der Waals surface area (Å²) in [6.07, 6.45) is 0.844. The van der Waals surface area contributed by atoms with E-state index in [2.05, 4.69) is 15.5 Å². The molecule has 1 fully saturated rings. The lowest BCUT2D eigenvalue weighted by Gasteiger charge is -2.26. The molecule has 1 saturated heterocycles. The van der Waals surface area contributed by atoms with Crippen molar-refractivity contribution in [1.82, 2.24) is 15.5 Å². The molecule has 2 atom stereocenters. The van der Waals surface area contributed by atoms with Crippen LogP contribution in [0.5, 0.6) is 0 Å². The fraction of sp³-hybridized carbons (Fsp3) is 0.333. The molecule has 0 aliphatic carbocycles. The van der Waals surface area contributed by atoms with Gasteiger partial charge >= 0.3 is 0 Å². The van der Waals surface area contributed by atoms with Crippen LogP contribution in [-0.2, 0) is 28.9 Å². The van der Waals surface area contributed by atoms with Gasteiger partial charge in [-0.15, -0.1) is 0 Å². The highest BCUT2D eigenvalue weighted by Crippen LogP contribution is 2.11. The van der Waals surface area contributed by atoms with Crippen molar-refractivity contribution in [2.45, 2.75) is 31.5 Å². The summed E-state index contributed by atoms with van der Waals surface area (Å²) in [4.78, 5) is 28.8.